The van der Waals surface area contributed by atoms with Gasteiger partial charge in [-0.1, -0.05) is 18.2 Å². The summed E-state index contributed by atoms with van der Waals surface area (Å²) in [6.07, 6.45) is 3.34. The fourth-order valence-corrected chi connectivity index (χ4v) is 3.89. The number of hydrogen-bond acceptors (Lipinski definition) is 4. The summed E-state index contributed by atoms with van der Waals surface area (Å²) in [6.45, 7) is 1.78. The van der Waals surface area contributed by atoms with E-state index in [2.05, 4.69) is 10.2 Å². The molecule has 2 heterocycles. The van der Waals surface area contributed by atoms with Crippen molar-refractivity contribution >= 4 is 28.3 Å². The van der Waals surface area contributed by atoms with Gasteiger partial charge in [-0.15, -0.1) is 0 Å². The molecule has 7 nitrogen and oxygen atoms in total. The molecule has 1 aliphatic rings. The van der Waals surface area contributed by atoms with E-state index >= 15 is 0 Å². The molecule has 1 saturated heterocycles. The Balaban J connectivity index is 1.89. The van der Waals surface area contributed by atoms with Crippen LogP contribution in [0.25, 0.3) is 11.0 Å². The van der Waals surface area contributed by atoms with E-state index in [1.54, 1.807) is 32.3 Å². The van der Waals surface area contributed by atoms with E-state index in [0.29, 0.717) is 22.3 Å². The van der Waals surface area contributed by atoms with Crippen molar-refractivity contribution in [3.63, 3.8) is 0 Å². The molecule has 0 bridgehead atoms. The Kier molecular flexibility index (Phi) is 4.96. The average Bonchev–Trinajstić information content (AvgIpc) is 2.77. The summed E-state index contributed by atoms with van der Waals surface area (Å²) in [5.74, 6) is -0.210. The summed E-state index contributed by atoms with van der Waals surface area (Å²) in [5.41, 5.74) is 2.18. The predicted molar refractivity (Wildman–Crippen MR) is 115 cm³/mol. The van der Waals surface area contributed by atoms with Gasteiger partial charge in [0, 0.05) is 32.7 Å². The molecular formula is C22H24N4O3. The predicted octanol–water partition coefficient (Wildman–Crippen LogP) is 2.48. The molecule has 1 N–H and O–H groups in total. The number of amides is 1. The van der Waals surface area contributed by atoms with Gasteiger partial charge in [-0.2, -0.15) is 0 Å². The van der Waals surface area contributed by atoms with Crippen molar-refractivity contribution < 1.29 is 4.79 Å². The normalized spacial score (nSPS) is 14.2. The third-order valence-electron chi connectivity index (χ3n) is 5.59. The number of benzene rings is 2. The highest BCUT2D eigenvalue weighted by atomic mass is 16.2. The Bertz CT molecular complexity index is 1190. The van der Waals surface area contributed by atoms with Crippen molar-refractivity contribution in [2.24, 2.45) is 14.1 Å². The van der Waals surface area contributed by atoms with Crippen LogP contribution in [-0.4, -0.2) is 28.1 Å². The van der Waals surface area contributed by atoms with Gasteiger partial charge < -0.3 is 19.4 Å². The molecule has 2 aromatic carbocycles. The van der Waals surface area contributed by atoms with Gasteiger partial charge in [0.05, 0.1) is 22.4 Å². The number of aromatic nitrogens is 2. The molecule has 1 fully saturated rings. The maximum Gasteiger partial charge on any atom is 0.316 e. The Morgan fingerprint density at radius 3 is 2.07 bits per heavy atom. The van der Waals surface area contributed by atoms with Crippen LogP contribution in [0.5, 0.6) is 0 Å². The van der Waals surface area contributed by atoms with Gasteiger partial charge in [0.2, 0.25) is 0 Å². The Morgan fingerprint density at radius 1 is 0.862 bits per heavy atom. The second-order valence-electron chi connectivity index (χ2n) is 7.45. The van der Waals surface area contributed by atoms with Crippen LogP contribution in [0, 0.1) is 0 Å². The lowest BCUT2D eigenvalue weighted by atomic mass is 10.1. The van der Waals surface area contributed by atoms with E-state index in [4.69, 9.17) is 0 Å². The number of carbonyl (C=O) groups excluding carboxylic acids is 1. The second kappa shape index (κ2) is 7.58. The zero-order valence-electron chi connectivity index (χ0n) is 16.6. The van der Waals surface area contributed by atoms with Crippen molar-refractivity contribution in [2.45, 2.75) is 19.3 Å². The number of nitrogens with zero attached hydrogens (tertiary/aromatic N) is 3. The van der Waals surface area contributed by atoms with Crippen LogP contribution >= 0.6 is 0 Å². The summed E-state index contributed by atoms with van der Waals surface area (Å²) in [5, 5.41) is 3.01. The van der Waals surface area contributed by atoms with E-state index in [-0.39, 0.29) is 5.91 Å². The Morgan fingerprint density at radius 2 is 1.45 bits per heavy atom. The molecule has 1 aromatic heterocycles. The molecule has 29 heavy (non-hydrogen) atoms. The number of anilines is 2. The van der Waals surface area contributed by atoms with E-state index in [1.807, 2.05) is 24.3 Å². The van der Waals surface area contributed by atoms with E-state index < -0.39 is 11.1 Å². The van der Waals surface area contributed by atoms with Gasteiger partial charge in [0.1, 0.15) is 0 Å². The standard InChI is InChI=1S/C22H24N4O3/c1-24-18-13-16(23-20(27)15-9-5-3-6-10-15)17(26-11-7-4-8-12-26)14-19(18)25(2)22(29)21(24)28/h3,5-6,9-10,13-14H,4,7-8,11-12H2,1-2H3,(H,23,27). The second-order valence-corrected chi connectivity index (χ2v) is 7.45. The van der Waals surface area contributed by atoms with Gasteiger partial charge in [-0.05, 0) is 43.5 Å². The molecule has 0 atom stereocenters. The summed E-state index contributed by atoms with van der Waals surface area (Å²) in [4.78, 5) is 39.6. The molecular weight excluding hydrogens is 368 g/mol. The fourth-order valence-electron chi connectivity index (χ4n) is 3.89. The molecule has 7 heteroatoms. The van der Waals surface area contributed by atoms with Crippen molar-refractivity contribution in [1.82, 2.24) is 9.13 Å². The highest BCUT2D eigenvalue weighted by Crippen LogP contribution is 2.32. The maximum absolute atomic E-state index is 12.8. The highest BCUT2D eigenvalue weighted by molar-refractivity contribution is 6.07. The SMILES string of the molecule is Cn1c(=O)c(=O)n(C)c2cc(N3CCCCC3)c(NC(=O)c3ccccc3)cc21. The Hall–Kier alpha value is -3.35. The first kappa shape index (κ1) is 19.0. The number of hydrogen-bond donors (Lipinski definition) is 1. The van der Waals surface area contributed by atoms with Crippen molar-refractivity contribution in [3.8, 4) is 0 Å². The van der Waals surface area contributed by atoms with E-state index in [0.717, 1.165) is 31.6 Å². The van der Waals surface area contributed by atoms with E-state index in [9.17, 15) is 14.4 Å². The number of nitrogens with one attached hydrogen (secondary N) is 1. The summed E-state index contributed by atoms with van der Waals surface area (Å²) in [6, 6.07) is 12.7. The first-order valence-corrected chi connectivity index (χ1v) is 9.82. The quantitative estimate of drug-likeness (QED) is 0.695. The van der Waals surface area contributed by atoms with Crippen molar-refractivity contribution in [2.75, 3.05) is 23.3 Å². The zero-order valence-corrected chi connectivity index (χ0v) is 16.6. The van der Waals surface area contributed by atoms with Gasteiger partial charge in [-0.25, -0.2) is 0 Å². The lowest BCUT2D eigenvalue weighted by Crippen LogP contribution is -2.39. The van der Waals surface area contributed by atoms with Crippen LogP contribution in [0.1, 0.15) is 29.6 Å². The lowest BCUT2D eigenvalue weighted by Gasteiger charge is -2.31. The minimum atomic E-state index is -0.592. The van der Waals surface area contributed by atoms with Crippen LogP contribution in [0.3, 0.4) is 0 Å². The van der Waals surface area contributed by atoms with Crippen LogP contribution < -0.4 is 21.3 Å². The number of piperidine rings is 1. The van der Waals surface area contributed by atoms with Crippen LogP contribution in [0.4, 0.5) is 11.4 Å². The molecule has 0 aliphatic carbocycles. The molecule has 0 spiro atoms. The molecule has 0 saturated carbocycles. The van der Waals surface area contributed by atoms with Crippen LogP contribution in [0.2, 0.25) is 0 Å². The molecule has 1 amide bonds. The van der Waals surface area contributed by atoms with Crippen LogP contribution in [-0.2, 0) is 14.1 Å². The smallest absolute Gasteiger partial charge is 0.316 e. The number of aryl methyl sites for hydroxylation is 2. The van der Waals surface area contributed by atoms with Gasteiger partial charge in [0.25, 0.3) is 5.91 Å². The van der Waals surface area contributed by atoms with Gasteiger partial charge >= 0.3 is 11.1 Å². The fraction of sp³-hybridized carbons (Fsp3) is 0.318. The number of carbonyl (C=O) groups is 1. The molecule has 3 aromatic rings. The summed E-state index contributed by atoms with van der Waals surface area (Å²) < 4.78 is 2.73. The van der Waals surface area contributed by atoms with Gasteiger partial charge in [-0.3, -0.25) is 14.4 Å². The monoisotopic (exact) mass is 392 g/mol. The summed E-state index contributed by atoms with van der Waals surface area (Å²) >= 11 is 0. The van der Waals surface area contributed by atoms with Gasteiger partial charge in [0.15, 0.2) is 0 Å². The van der Waals surface area contributed by atoms with E-state index in [1.165, 1.54) is 15.6 Å². The minimum absolute atomic E-state index is 0.210. The van der Waals surface area contributed by atoms with Crippen molar-refractivity contribution in [3.05, 3.63) is 68.7 Å². The largest absolute Gasteiger partial charge is 0.370 e. The topological polar surface area (TPSA) is 76.3 Å². The molecule has 0 radical (unpaired) electrons. The maximum atomic E-state index is 12.8. The molecule has 150 valence electrons. The molecule has 4 rings (SSSR count). The Labute approximate surface area is 168 Å². The number of rotatable bonds is 3. The zero-order chi connectivity index (χ0) is 20.5. The molecule has 0 unspecified atom stereocenters. The third-order valence-corrected chi connectivity index (χ3v) is 5.59. The average molecular weight is 392 g/mol. The molecule has 1 aliphatic heterocycles. The highest BCUT2D eigenvalue weighted by Gasteiger charge is 2.20. The first-order chi connectivity index (χ1) is 14.0. The first-order valence-electron chi connectivity index (χ1n) is 9.82. The lowest BCUT2D eigenvalue weighted by molar-refractivity contribution is 0.102. The third kappa shape index (κ3) is 3.44. The number of fused-ring (bicyclic) bond motifs is 1. The van der Waals surface area contributed by atoms with Crippen molar-refractivity contribution in [1.29, 1.82) is 0 Å². The van der Waals surface area contributed by atoms with Crippen LogP contribution in [0.15, 0.2) is 52.1 Å². The minimum Gasteiger partial charge on any atom is -0.370 e. The summed E-state index contributed by atoms with van der Waals surface area (Å²) in [7, 11) is 3.18.